The number of hydrogen-bond acceptors (Lipinski definition) is 5. The van der Waals surface area contributed by atoms with Crippen LogP contribution in [0.5, 0.6) is 0 Å². The molecule has 4 aromatic rings. The van der Waals surface area contributed by atoms with Crippen LogP contribution in [0.2, 0.25) is 0 Å². The molecule has 7 heteroatoms. The van der Waals surface area contributed by atoms with Crippen molar-refractivity contribution in [3.8, 4) is 16.9 Å². The van der Waals surface area contributed by atoms with Gasteiger partial charge in [-0.25, -0.2) is 14.6 Å². The van der Waals surface area contributed by atoms with Crippen molar-refractivity contribution in [3.63, 3.8) is 0 Å². The molecule has 0 spiro atoms. The molecule has 1 N–H and O–H groups in total. The fourth-order valence-corrected chi connectivity index (χ4v) is 3.39. The van der Waals surface area contributed by atoms with E-state index in [1.165, 1.54) is 6.33 Å². The molecule has 0 fully saturated rings. The van der Waals surface area contributed by atoms with Gasteiger partial charge < -0.3 is 10.2 Å². The van der Waals surface area contributed by atoms with Crippen LogP contribution in [-0.2, 0) is 0 Å². The Bertz CT molecular complexity index is 1150. The number of nitrogens with zero attached hydrogens (tertiary/aromatic N) is 5. The number of aromatic nitrogens is 4. The lowest BCUT2D eigenvalue weighted by molar-refractivity contribution is 0.0774. The summed E-state index contributed by atoms with van der Waals surface area (Å²) in [6.07, 6.45) is 3.12. The first kappa shape index (κ1) is 20.3. The van der Waals surface area contributed by atoms with E-state index in [1.54, 1.807) is 15.8 Å². The minimum atomic E-state index is -0.0768. The molecule has 2 heterocycles. The van der Waals surface area contributed by atoms with Gasteiger partial charge >= 0.3 is 0 Å². The lowest BCUT2D eigenvalue weighted by atomic mass is 10.1. The van der Waals surface area contributed by atoms with Gasteiger partial charge in [-0.1, -0.05) is 48.5 Å². The van der Waals surface area contributed by atoms with Crippen LogP contribution in [0, 0.1) is 0 Å². The fraction of sp³-hybridized carbons (Fsp3) is 0.167. The second kappa shape index (κ2) is 9.21. The van der Waals surface area contributed by atoms with E-state index in [4.69, 9.17) is 0 Å². The van der Waals surface area contributed by atoms with Gasteiger partial charge in [-0.15, -0.1) is 0 Å². The Hall–Kier alpha value is -4.00. The topological polar surface area (TPSA) is 75.9 Å². The summed E-state index contributed by atoms with van der Waals surface area (Å²) < 4.78 is 1.72. The van der Waals surface area contributed by atoms with Gasteiger partial charge in [0, 0.05) is 24.7 Å². The Labute approximate surface area is 181 Å². The minimum Gasteiger partial charge on any atom is -0.339 e. The highest BCUT2D eigenvalue weighted by Gasteiger charge is 2.22. The van der Waals surface area contributed by atoms with Crippen LogP contribution in [0.1, 0.15) is 24.2 Å². The van der Waals surface area contributed by atoms with E-state index in [0.717, 1.165) is 16.9 Å². The highest BCUT2D eigenvalue weighted by atomic mass is 16.2. The average Bonchev–Trinajstić information content (AvgIpc) is 3.24. The maximum absolute atomic E-state index is 13.2. The number of nitrogens with one attached hydrogen (secondary N) is 1. The monoisotopic (exact) mass is 412 g/mol. The summed E-state index contributed by atoms with van der Waals surface area (Å²) in [5.41, 5.74) is 3.12. The van der Waals surface area contributed by atoms with E-state index in [0.29, 0.717) is 30.3 Å². The molecule has 0 radical (unpaired) electrons. The molecule has 1 amide bonds. The Morgan fingerprint density at radius 2 is 1.65 bits per heavy atom. The van der Waals surface area contributed by atoms with Crippen LogP contribution >= 0.6 is 0 Å². The Morgan fingerprint density at radius 3 is 2.32 bits per heavy atom. The largest absolute Gasteiger partial charge is 0.339 e. The van der Waals surface area contributed by atoms with E-state index < -0.39 is 0 Å². The van der Waals surface area contributed by atoms with Crippen molar-refractivity contribution in [2.75, 3.05) is 18.4 Å². The van der Waals surface area contributed by atoms with Crippen LogP contribution in [0.15, 0.2) is 79.3 Å². The molecule has 2 aromatic carbocycles. The van der Waals surface area contributed by atoms with E-state index in [2.05, 4.69) is 20.4 Å². The Kier molecular flexibility index (Phi) is 6.03. The van der Waals surface area contributed by atoms with Crippen molar-refractivity contribution in [1.29, 1.82) is 0 Å². The molecule has 0 atom stereocenters. The number of amides is 1. The number of anilines is 2. The van der Waals surface area contributed by atoms with Crippen molar-refractivity contribution in [3.05, 3.63) is 84.8 Å². The molecule has 0 aliphatic rings. The normalized spacial score (nSPS) is 10.6. The third kappa shape index (κ3) is 4.30. The van der Waals surface area contributed by atoms with Gasteiger partial charge in [-0.3, -0.25) is 4.79 Å². The van der Waals surface area contributed by atoms with Crippen molar-refractivity contribution in [2.24, 2.45) is 0 Å². The number of carbonyl (C=O) groups excluding carboxylic acids is 1. The van der Waals surface area contributed by atoms with Crippen LogP contribution in [0.25, 0.3) is 16.9 Å². The van der Waals surface area contributed by atoms with Crippen LogP contribution in [0.3, 0.4) is 0 Å². The first-order valence-electron chi connectivity index (χ1n) is 10.3. The third-order valence-electron chi connectivity index (χ3n) is 5.03. The zero-order valence-electron chi connectivity index (χ0n) is 17.6. The summed E-state index contributed by atoms with van der Waals surface area (Å²) in [4.78, 5) is 23.7. The molecule has 31 heavy (non-hydrogen) atoms. The summed E-state index contributed by atoms with van der Waals surface area (Å²) in [6.45, 7) is 5.17. The number of para-hydroxylation sites is 1. The number of rotatable bonds is 7. The summed E-state index contributed by atoms with van der Waals surface area (Å²) in [5, 5.41) is 7.81. The fourth-order valence-electron chi connectivity index (χ4n) is 3.39. The van der Waals surface area contributed by atoms with E-state index >= 15 is 0 Å². The van der Waals surface area contributed by atoms with Crippen molar-refractivity contribution in [2.45, 2.75) is 13.8 Å². The molecule has 4 rings (SSSR count). The molecular weight excluding hydrogens is 388 g/mol. The second-order valence-electron chi connectivity index (χ2n) is 6.91. The predicted molar refractivity (Wildman–Crippen MR) is 122 cm³/mol. The van der Waals surface area contributed by atoms with Crippen molar-refractivity contribution in [1.82, 2.24) is 24.6 Å². The molecule has 156 valence electrons. The Morgan fingerprint density at radius 1 is 0.968 bits per heavy atom. The second-order valence-corrected chi connectivity index (χ2v) is 6.91. The summed E-state index contributed by atoms with van der Waals surface area (Å²) in [6, 6.07) is 21.5. The molecule has 2 aromatic heterocycles. The van der Waals surface area contributed by atoms with Crippen molar-refractivity contribution < 1.29 is 4.79 Å². The molecule has 0 bridgehead atoms. The number of benzene rings is 2. The summed E-state index contributed by atoms with van der Waals surface area (Å²) >= 11 is 0. The number of hydrogen-bond donors (Lipinski definition) is 1. The molecule has 0 aliphatic heterocycles. The van der Waals surface area contributed by atoms with Crippen LogP contribution in [0.4, 0.5) is 11.6 Å². The molecule has 0 saturated heterocycles. The maximum atomic E-state index is 13.2. The Balaban J connectivity index is 1.76. The quantitative estimate of drug-likeness (QED) is 0.482. The summed E-state index contributed by atoms with van der Waals surface area (Å²) in [5.74, 6) is 1.08. The molecule has 0 aliphatic carbocycles. The number of carbonyl (C=O) groups is 1. The molecular formula is C24H24N6O. The highest BCUT2D eigenvalue weighted by molar-refractivity contribution is 5.99. The van der Waals surface area contributed by atoms with E-state index in [1.807, 2.05) is 80.6 Å². The van der Waals surface area contributed by atoms with Crippen LogP contribution < -0.4 is 5.32 Å². The minimum absolute atomic E-state index is 0.0768. The lowest BCUT2D eigenvalue weighted by Gasteiger charge is -2.19. The first-order chi connectivity index (χ1) is 15.2. The van der Waals surface area contributed by atoms with Gasteiger partial charge in [0.15, 0.2) is 0 Å². The summed E-state index contributed by atoms with van der Waals surface area (Å²) in [7, 11) is 0. The smallest absolute Gasteiger partial charge is 0.259 e. The SMILES string of the molecule is CCN(CC)C(=O)c1cnn(-c2ccccc2)c1Nc1cc(-c2ccccc2)ncn1. The van der Waals surface area contributed by atoms with Gasteiger partial charge in [-0.2, -0.15) is 5.10 Å². The molecule has 7 nitrogen and oxygen atoms in total. The lowest BCUT2D eigenvalue weighted by Crippen LogP contribution is -2.30. The van der Waals surface area contributed by atoms with E-state index in [9.17, 15) is 4.79 Å². The predicted octanol–water partition coefficient (Wildman–Crippen LogP) is 4.55. The highest BCUT2D eigenvalue weighted by Crippen LogP contribution is 2.26. The molecule has 0 saturated carbocycles. The van der Waals surface area contributed by atoms with Crippen LogP contribution in [-0.4, -0.2) is 43.6 Å². The maximum Gasteiger partial charge on any atom is 0.259 e. The molecule has 0 unspecified atom stereocenters. The van der Waals surface area contributed by atoms with Crippen molar-refractivity contribution >= 4 is 17.5 Å². The standard InChI is InChI=1S/C24H24N6O/c1-3-29(4-2)24(31)20-16-27-30(19-13-9-6-10-14-19)23(20)28-22-15-21(25-17-26-22)18-11-7-5-8-12-18/h5-17H,3-4H2,1-2H3,(H,25,26,28). The van der Waals surface area contributed by atoms with Gasteiger partial charge in [-0.05, 0) is 26.0 Å². The first-order valence-corrected chi connectivity index (χ1v) is 10.3. The average molecular weight is 412 g/mol. The van der Waals surface area contributed by atoms with Gasteiger partial charge in [0.25, 0.3) is 5.91 Å². The zero-order valence-corrected chi connectivity index (χ0v) is 17.6. The third-order valence-corrected chi connectivity index (χ3v) is 5.03. The van der Waals surface area contributed by atoms with Gasteiger partial charge in [0.1, 0.15) is 23.5 Å². The van der Waals surface area contributed by atoms with Gasteiger partial charge in [0.05, 0.1) is 17.6 Å². The van der Waals surface area contributed by atoms with Gasteiger partial charge in [0.2, 0.25) is 0 Å². The zero-order chi connectivity index (χ0) is 21.6. The van der Waals surface area contributed by atoms with E-state index in [-0.39, 0.29) is 5.91 Å².